The highest BCUT2D eigenvalue weighted by Crippen LogP contribution is 2.64. The van der Waals surface area contributed by atoms with E-state index in [-0.39, 0.29) is 17.1 Å². The van der Waals surface area contributed by atoms with Gasteiger partial charge in [-0.3, -0.25) is 4.79 Å². The number of carbonyl (C=O) groups is 1. The molecule has 3 unspecified atom stereocenters. The van der Waals surface area contributed by atoms with E-state index >= 15 is 0 Å². The Kier molecular flexibility index (Phi) is 10.1. The third kappa shape index (κ3) is 7.58. The van der Waals surface area contributed by atoms with E-state index in [9.17, 15) is 13.2 Å². The molecule has 6 rings (SSSR count). The Bertz CT molecular complexity index is 1670. The van der Waals surface area contributed by atoms with Crippen molar-refractivity contribution >= 4 is 22.1 Å². The molecular formula is C39H48N2O5S. The number of rotatable bonds is 13. The van der Waals surface area contributed by atoms with Gasteiger partial charge in [-0.15, -0.1) is 0 Å². The largest absolute Gasteiger partial charge is 0.494 e. The minimum absolute atomic E-state index is 0.0447. The molecule has 0 radical (unpaired) electrons. The average Bonchev–Trinajstić information content (AvgIpc) is 3.38. The van der Waals surface area contributed by atoms with Crippen molar-refractivity contribution in [1.29, 1.82) is 0 Å². The van der Waals surface area contributed by atoms with Crippen LogP contribution >= 0.6 is 0 Å². The van der Waals surface area contributed by atoms with E-state index in [0.29, 0.717) is 49.6 Å². The van der Waals surface area contributed by atoms with Gasteiger partial charge in [0.25, 0.3) is 10.0 Å². The number of carbonyl (C=O) groups excluding carboxylic acids is 1. The minimum Gasteiger partial charge on any atom is -0.494 e. The fourth-order valence-corrected chi connectivity index (χ4v) is 9.40. The number of hydrogen-bond donors (Lipinski definition) is 0. The van der Waals surface area contributed by atoms with E-state index in [1.165, 1.54) is 23.0 Å². The Hall–Kier alpha value is -3.65. The van der Waals surface area contributed by atoms with E-state index in [2.05, 4.69) is 65.9 Å². The van der Waals surface area contributed by atoms with Crippen LogP contribution in [0.2, 0.25) is 0 Å². The smallest absolute Gasteiger partial charge is 0.254 e. The Morgan fingerprint density at radius 3 is 2.45 bits per heavy atom. The quantitative estimate of drug-likeness (QED) is 0.107. The number of sulfonamides is 1. The Balaban J connectivity index is 1.13. The van der Waals surface area contributed by atoms with Crippen molar-refractivity contribution in [2.45, 2.75) is 76.7 Å². The SMILES string of the molecule is CN(C)C=NS(=O)(=O)CCCCCOc1ccc([C@H]2C[C@]3(C)C(=O)CCC3C3CCc4cc(OCc5ccccc5)ccc4C32)cc1. The highest BCUT2D eigenvalue weighted by molar-refractivity contribution is 7.90. The maximum absolute atomic E-state index is 13.3. The fraction of sp³-hybridized carbons (Fsp3) is 0.487. The number of Topliss-reactive ketones (excluding diaryl/α,β-unsaturated/α-hetero) is 1. The van der Waals surface area contributed by atoms with Crippen LogP contribution in [0.3, 0.4) is 0 Å². The van der Waals surface area contributed by atoms with E-state index in [4.69, 9.17) is 9.47 Å². The van der Waals surface area contributed by atoms with Gasteiger partial charge in [0.15, 0.2) is 0 Å². The molecular weight excluding hydrogens is 609 g/mol. The average molecular weight is 657 g/mol. The van der Waals surface area contributed by atoms with Crippen molar-refractivity contribution in [1.82, 2.24) is 4.90 Å². The predicted molar refractivity (Wildman–Crippen MR) is 187 cm³/mol. The molecule has 0 heterocycles. The van der Waals surface area contributed by atoms with Gasteiger partial charge in [-0.05, 0) is 115 Å². The van der Waals surface area contributed by atoms with Crippen LogP contribution in [0, 0.1) is 17.3 Å². The number of benzene rings is 3. The third-order valence-electron chi connectivity index (χ3n) is 10.7. The third-order valence-corrected chi connectivity index (χ3v) is 11.9. The molecule has 0 N–H and O–H groups in total. The van der Waals surface area contributed by atoms with Crippen LogP contribution in [0.4, 0.5) is 0 Å². The number of ketones is 1. The van der Waals surface area contributed by atoms with Crippen molar-refractivity contribution in [3.8, 4) is 11.5 Å². The van der Waals surface area contributed by atoms with E-state index in [1.807, 2.05) is 18.2 Å². The molecule has 2 saturated carbocycles. The monoisotopic (exact) mass is 656 g/mol. The van der Waals surface area contributed by atoms with Crippen LogP contribution < -0.4 is 9.47 Å². The second-order valence-corrected chi connectivity index (χ2v) is 15.9. The lowest BCUT2D eigenvalue weighted by Crippen LogP contribution is -2.46. The first kappa shape index (κ1) is 33.3. The summed E-state index contributed by atoms with van der Waals surface area (Å²) in [6, 6.07) is 25.5. The maximum atomic E-state index is 13.3. The maximum Gasteiger partial charge on any atom is 0.254 e. The molecule has 0 amide bonds. The van der Waals surface area contributed by atoms with Crippen molar-refractivity contribution in [2.75, 3.05) is 26.5 Å². The van der Waals surface area contributed by atoms with E-state index < -0.39 is 10.0 Å². The summed E-state index contributed by atoms with van der Waals surface area (Å²) in [4.78, 5) is 15.0. The van der Waals surface area contributed by atoms with Crippen molar-refractivity contribution in [2.24, 2.45) is 21.6 Å². The van der Waals surface area contributed by atoms with Gasteiger partial charge in [-0.25, -0.2) is 8.42 Å². The van der Waals surface area contributed by atoms with Crippen molar-refractivity contribution < 1.29 is 22.7 Å². The second-order valence-electron chi connectivity index (χ2n) is 14.1. The molecule has 0 saturated heterocycles. The van der Waals surface area contributed by atoms with Crippen LogP contribution in [-0.2, 0) is 27.8 Å². The molecule has 3 aliphatic rings. The first-order chi connectivity index (χ1) is 22.6. The lowest BCUT2D eigenvalue weighted by Gasteiger charge is -2.52. The molecule has 0 aliphatic heterocycles. The van der Waals surface area contributed by atoms with E-state index in [0.717, 1.165) is 55.6 Å². The molecule has 5 atom stereocenters. The number of aryl methyl sites for hydroxylation is 1. The summed E-state index contributed by atoms with van der Waals surface area (Å²) in [7, 11) is 0.0621. The summed E-state index contributed by atoms with van der Waals surface area (Å²) in [6.45, 7) is 3.33. The minimum atomic E-state index is -3.43. The van der Waals surface area contributed by atoms with Crippen LogP contribution in [0.1, 0.15) is 86.0 Å². The van der Waals surface area contributed by atoms with Crippen molar-refractivity contribution in [3.63, 3.8) is 0 Å². The molecule has 3 aromatic carbocycles. The molecule has 2 fully saturated rings. The topological polar surface area (TPSA) is 85.3 Å². The van der Waals surface area contributed by atoms with Gasteiger partial charge in [0.05, 0.1) is 12.4 Å². The second kappa shape index (κ2) is 14.2. The first-order valence-corrected chi connectivity index (χ1v) is 18.7. The standard InChI is InChI=1S/C39H48N2O5S/c1-39-25-35(29-12-15-31(16-13-29)45-22-8-5-9-23-47(43,44)40-27-41(2)3)38-33-19-17-32(46-26-28-10-6-4-7-11-28)24-30(33)14-18-34(38)36(39)20-21-37(39)42/h4,6-7,10-13,15-17,19,24,27,34-36,38H,5,8-9,14,18,20-23,25-26H2,1-3H3/t34?,35-,36?,38?,39+/m1/s1. The molecule has 47 heavy (non-hydrogen) atoms. The number of fused-ring (bicyclic) bond motifs is 5. The molecule has 250 valence electrons. The summed E-state index contributed by atoms with van der Waals surface area (Å²) in [5, 5.41) is 0. The summed E-state index contributed by atoms with van der Waals surface area (Å²) in [5.41, 5.74) is 4.98. The molecule has 3 aromatic rings. The lowest BCUT2D eigenvalue weighted by molar-refractivity contribution is -0.130. The zero-order valence-corrected chi connectivity index (χ0v) is 28.8. The summed E-state index contributed by atoms with van der Waals surface area (Å²) < 4.78 is 40.0. The summed E-state index contributed by atoms with van der Waals surface area (Å²) in [5.74, 6) is 3.77. The van der Waals surface area contributed by atoms with Gasteiger partial charge in [-0.1, -0.05) is 55.5 Å². The first-order valence-electron chi connectivity index (χ1n) is 17.1. The van der Waals surface area contributed by atoms with Crippen LogP contribution in [0.15, 0.2) is 77.2 Å². The van der Waals surface area contributed by atoms with Crippen molar-refractivity contribution in [3.05, 3.63) is 95.1 Å². The van der Waals surface area contributed by atoms with Gasteiger partial charge in [0.1, 0.15) is 30.2 Å². The van der Waals surface area contributed by atoms with Gasteiger partial charge in [0.2, 0.25) is 0 Å². The summed E-state index contributed by atoms with van der Waals surface area (Å²) in [6.07, 6.45) is 8.14. The lowest BCUT2D eigenvalue weighted by atomic mass is 9.51. The normalized spacial score (nSPS) is 25.2. The number of unbranched alkanes of at least 4 members (excludes halogenated alkanes) is 2. The molecule has 0 spiro atoms. The van der Waals surface area contributed by atoms with Gasteiger partial charge >= 0.3 is 0 Å². The van der Waals surface area contributed by atoms with E-state index in [1.54, 1.807) is 19.0 Å². The van der Waals surface area contributed by atoms with Gasteiger partial charge < -0.3 is 14.4 Å². The number of hydrogen-bond acceptors (Lipinski definition) is 5. The Labute approximate surface area is 280 Å². The fourth-order valence-electron chi connectivity index (χ4n) is 8.40. The summed E-state index contributed by atoms with van der Waals surface area (Å²) >= 11 is 0. The van der Waals surface area contributed by atoms with Gasteiger partial charge in [0, 0.05) is 25.9 Å². The zero-order chi connectivity index (χ0) is 33.0. The molecule has 0 aromatic heterocycles. The van der Waals surface area contributed by atoms with Crippen LogP contribution in [0.5, 0.6) is 11.5 Å². The highest BCUT2D eigenvalue weighted by atomic mass is 32.2. The molecule has 0 bridgehead atoms. The van der Waals surface area contributed by atoms with Crippen LogP contribution in [0.25, 0.3) is 0 Å². The van der Waals surface area contributed by atoms with Crippen LogP contribution in [-0.4, -0.2) is 51.9 Å². The highest BCUT2D eigenvalue weighted by Gasteiger charge is 2.57. The molecule has 7 nitrogen and oxygen atoms in total. The number of nitrogens with zero attached hydrogens (tertiary/aromatic N) is 2. The van der Waals surface area contributed by atoms with Gasteiger partial charge in [-0.2, -0.15) is 4.40 Å². The predicted octanol–water partition coefficient (Wildman–Crippen LogP) is 7.55. The molecule has 8 heteroatoms. The zero-order valence-electron chi connectivity index (χ0n) is 27.9. The Morgan fingerprint density at radius 2 is 1.68 bits per heavy atom. The number of ether oxygens (including phenoxy) is 2. The molecule has 3 aliphatic carbocycles. The Morgan fingerprint density at radius 1 is 0.915 bits per heavy atom.